The van der Waals surface area contributed by atoms with Crippen LogP contribution in [0.25, 0.3) is 10.9 Å². The number of hydrogen-bond donors (Lipinski definition) is 1. The average molecular weight is 188 g/mol. The van der Waals surface area contributed by atoms with Gasteiger partial charge in [0.25, 0.3) is 0 Å². The molecule has 0 amide bonds. The third-order valence-corrected chi connectivity index (χ3v) is 2.20. The summed E-state index contributed by atoms with van der Waals surface area (Å²) in [4.78, 5) is 7.51. The van der Waals surface area contributed by atoms with Crippen LogP contribution in [0.3, 0.4) is 0 Å². The van der Waals surface area contributed by atoms with Crippen molar-refractivity contribution in [2.45, 2.75) is 27.2 Å². The summed E-state index contributed by atoms with van der Waals surface area (Å²) in [6.07, 6.45) is 4.79. The molecule has 0 saturated carbocycles. The molecule has 2 heteroatoms. The molecule has 2 aromatic heterocycles. The summed E-state index contributed by atoms with van der Waals surface area (Å²) in [6, 6.07) is 4.20. The second-order valence-electron chi connectivity index (χ2n) is 4.99. The van der Waals surface area contributed by atoms with Gasteiger partial charge >= 0.3 is 0 Å². The molecule has 14 heavy (non-hydrogen) atoms. The van der Waals surface area contributed by atoms with Crippen molar-refractivity contribution in [1.82, 2.24) is 9.97 Å². The topological polar surface area (TPSA) is 28.7 Å². The molecule has 0 atom stereocenters. The van der Waals surface area contributed by atoms with E-state index in [4.69, 9.17) is 0 Å². The zero-order valence-corrected chi connectivity index (χ0v) is 8.96. The van der Waals surface area contributed by atoms with Gasteiger partial charge in [0, 0.05) is 29.0 Å². The molecule has 74 valence electrons. The van der Waals surface area contributed by atoms with Crippen molar-refractivity contribution in [1.29, 1.82) is 0 Å². The van der Waals surface area contributed by atoms with E-state index in [1.165, 1.54) is 16.6 Å². The van der Waals surface area contributed by atoms with Gasteiger partial charge in [0.2, 0.25) is 0 Å². The van der Waals surface area contributed by atoms with Crippen molar-refractivity contribution in [3.8, 4) is 0 Å². The van der Waals surface area contributed by atoms with Gasteiger partial charge in [-0.1, -0.05) is 20.8 Å². The van der Waals surface area contributed by atoms with Gasteiger partial charge in [0.1, 0.15) is 0 Å². The van der Waals surface area contributed by atoms with Crippen molar-refractivity contribution in [2.75, 3.05) is 0 Å². The zero-order chi connectivity index (χ0) is 10.2. The maximum Gasteiger partial charge on any atom is 0.0487 e. The van der Waals surface area contributed by atoms with E-state index in [0.29, 0.717) is 5.41 Å². The van der Waals surface area contributed by atoms with Crippen LogP contribution >= 0.6 is 0 Å². The van der Waals surface area contributed by atoms with E-state index >= 15 is 0 Å². The Bertz CT molecular complexity index is 402. The van der Waals surface area contributed by atoms with E-state index in [1.54, 1.807) is 0 Å². The van der Waals surface area contributed by atoms with Gasteiger partial charge in [-0.15, -0.1) is 0 Å². The van der Waals surface area contributed by atoms with Gasteiger partial charge < -0.3 is 4.98 Å². The molecule has 0 fully saturated rings. The maximum absolute atomic E-state index is 4.10. The van der Waals surface area contributed by atoms with E-state index in [1.807, 2.05) is 18.5 Å². The number of rotatable bonds is 1. The number of nitrogens with one attached hydrogen (secondary N) is 1. The number of fused-ring (bicyclic) bond motifs is 1. The molecule has 0 aliphatic heterocycles. The van der Waals surface area contributed by atoms with Crippen LogP contribution in [-0.4, -0.2) is 9.97 Å². The fourth-order valence-corrected chi connectivity index (χ4v) is 1.70. The van der Waals surface area contributed by atoms with E-state index in [2.05, 4.69) is 36.8 Å². The number of pyridine rings is 1. The summed E-state index contributed by atoms with van der Waals surface area (Å²) in [5.41, 5.74) is 2.80. The minimum Gasteiger partial charge on any atom is -0.358 e. The first-order valence-corrected chi connectivity index (χ1v) is 4.96. The highest BCUT2D eigenvalue weighted by Crippen LogP contribution is 2.22. The van der Waals surface area contributed by atoms with E-state index in [-0.39, 0.29) is 0 Å². The fourth-order valence-electron chi connectivity index (χ4n) is 1.70. The van der Waals surface area contributed by atoms with Crippen molar-refractivity contribution in [2.24, 2.45) is 5.41 Å². The summed E-state index contributed by atoms with van der Waals surface area (Å²) in [6.45, 7) is 6.74. The summed E-state index contributed by atoms with van der Waals surface area (Å²) in [5.74, 6) is 0. The molecule has 0 aliphatic carbocycles. The molecule has 2 aromatic rings. The van der Waals surface area contributed by atoms with Crippen LogP contribution in [0.2, 0.25) is 0 Å². The summed E-state index contributed by atoms with van der Waals surface area (Å²) in [7, 11) is 0. The second kappa shape index (κ2) is 3.12. The van der Waals surface area contributed by atoms with Gasteiger partial charge in [-0.25, -0.2) is 0 Å². The van der Waals surface area contributed by atoms with Crippen LogP contribution in [0.15, 0.2) is 24.5 Å². The molecular formula is C12H16N2. The molecule has 0 unspecified atom stereocenters. The molecule has 0 spiro atoms. The molecule has 2 rings (SSSR count). The third kappa shape index (κ3) is 1.95. The first kappa shape index (κ1) is 9.25. The number of nitrogens with zero attached hydrogens (tertiary/aromatic N) is 1. The average Bonchev–Trinajstić information content (AvgIpc) is 2.42. The Hall–Kier alpha value is -1.31. The highest BCUT2D eigenvalue weighted by Gasteiger charge is 2.12. The van der Waals surface area contributed by atoms with Crippen molar-refractivity contribution in [3.05, 3.63) is 30.2 Å². The monoisotopic (exact) mass is 188 g/mol. The van der Waals surface area contributed by atoms with Gasteiger partial charge in [-0.2, -0.15) is 0 Å². The smallest absolute Gasteiger partial charge is 0.0487 e. The first-order valence-electron chi connectivity index (χ1n) is 4.96. The Kier molecular flexibility index (Phi) is 2.06. The number of H-pyrrole nitrogens is 1. The maximum atomic E-state index is 4.10. The molecule has 0 radical (unpaired) electrons. The minimum atomic E-state index is 0.328. The fraction of sp³-hybridized carbons (Fsp3) is 0.417. The number of aromatic amines is 1. The molecule has 2 heterocycles. The Balaban J connectivity index is 2.36. The lowest BCUT2D eigenvalue weighted by Gasteiger charge is -2.16. The van der Waals surface area contributed by atoms with Crippen LogP contribution in [0, 0.1) is 5.41 Å². The molecule has 1 N–H and O–H groups in total. The van der Waals surface area contributed by atoms with Gasteiger partial charge in [0.15, 0.2) is 0 Å². The Morgan fingerprint density at radius 3 is 2.79 bits per heavy atom. The molecule has 0 aromatic carbocycles. The van der Waals surface area contributed by atoms with Crippen LogP contribution in [-0.2, 0) is 6.42 Å². The van der Waals surface area contributed by atoms with Gasteiger partial charge in [-0.05, 0) is 24.0 Å². The summed E-state index contributed by atoms with van der Waals surface area (Å²) in [5, 5.41) is 1.20. The van der Waals surface area contributed by atoms with Crippen molar-refractivity contribution in [3.63, 3.8) is 0 Å². The van der Waals surface area contributed by atoms with E-state index < -0.39 is 0 Å². The van der Waals surface area contributed by atoms with E-state index in [9.17, 15) is 0 Å². The largest absolute Gasteiger partial charge is 0.358 e. The van der Waals surface area contributed by atoms with Crippen LogP contribution in [0.4, 0.5) is 0 Å². The zero-order valence-electron chi connectivity index (χ0n) is 8.96. The molecule has 2 nitrogen and oxygen atoms in total. The predicted molar refractivity (Wildman–Crippen MR) is 59.3 cm³/mol. The summed E-state index contributed by atoms with van der Waals surface area (Å²) < 4.78 is 0. The third-order valence-electron chi connectivity index (χ3n) is 2.20. The van der Waals surface area contributed by atoms with Gasteiger partial charge in [0.05, 0.1) is 0 Å². The number of aromatic nitrogens is 2. The van der Waals surface area contributed by atoms with Crippen LogP contribution < -0.4 is 0 Å². The Morgan fingerprint density at radius 1 is 1.36 bits per heavy atom. The predicted octanol–water partition coefficient (Wildman–Crippen LogP) is 3.15. The molecule has 0 saturated heterocycles. The SMILES string of the molecule is CC(C)(C)Cc1cc2cnccc2[nH]1. The standard InChI is InChI=1S/C12H16N2/c1-12(2,3)7-10-6-9-8-13-5-4-11(9)14-10/h4-6,8,14H,7H2,1-3H3. The highest BCUT2D eigenvalue weighted by molar-refractivity contribution is 5.79. The quantitative estimate of drug-likeness (QED) is 0.731. The second-order valence-corrected chi connectivity index (χ2v) is 4.99. The minimum absolute atomic E-state index is 0.328. The molecule has 0 aliphatic rings. The van der Waals surface area contributed by atoms with Crippen LogP contribution in [0.5, 0.6) is 0 Å². The highest BCUT2D eigenvalue weighted by atomic mass is 14.7. The van der Waals surface area contributed by atoms with Crippen molar-refractivity contribution >= 4 is 10.9 Å². The number of hydrogen-bond acceptors (Lipinski definition) is 1. The molecular weight excluding hydrogens is 172 g/mol. The Morgan fingerprint density at radius 2 is 2.14 bits per heavy atom. The van der Waals surface area contributed by atoms with Crippen molar-refractivity contribution < 1.29 is 0 Å². The Labute approximate surface area is 84.4 Å². The van der Waals surface area contributed by atoms with Crippen LogP contribution in [0.1, 0.15) is 26.5 Å². The van der Waals surface area contributed by atoms with Gasteiger partial charge in [-0.3, -0.25) is 4.98 Å². The lowest BCUT2D eigenvalue weighted by atomic mass is 9.91. The van der Waals surface area contributed by atoms with E-state index in [0.717, 1.165) is 6.42 Å². The normalized spacial score (nSPS) is 12.2. The first-order chi connectivity index (χ1) is 6.54. The lowest BCUT2D eigenvalue weighted by Crippen LogP contribution is -2.09. The summed E-state index contributed by atoms with van der Waals surface area (Å²) >= 11 is 0. The molecule has 0 bridgehead atoms. The lowest BCUT2D eigenvalue weighted by molar-refractivity contribution is 0.407.